The second kappa shape index (κ2) is 4.83. The van der Waals surface area contributed by atoms with Gasteiger partial charge < -0.3 is 10.9 Å². The lowest BCUT2D eigenvalue weighted by Gasteiger charge is -2.08. The molecule has 0 saturated carbocycles. The van der Waals surface area contributed by atoms with E-state index in [1.54, 1.807) is 13.0 Å². The van der Waals surface area contributed by atoms with Crippen molar-refractivity contribution in [3.63, 3.8) is 0 Å². The summed E-state index contributed by atoms with van der Waals surface area (Å²) in [6.07, 6.45) is -3.03. The van der Waals surface area contributed by atoms with E-state index in [1.165, 1.54) is 6.07 Å². The Morgan fingerprint density at radius 3 is 2.65 bits per heavy atom. The van der Waals surface area contributed by atoms with Gasteiger partial charge in [0.1, 0.15) is 0 Å². The van der Waals surface area contributed by atoms with Crippen LogP contribution >= 0.6 is 0 Å². The minimum Gasteiger partial charge on any atom is -0.409 e. The molecule has 0 fully saturated rings. The standard InChI is InChI=1S/C11H10F3N5O/c1-6-2-3-8(9(15)18-20)10(17-6)19-5-7(4-16-19)11(12,13)14/h2-5,20H,1H3,(H2,15,18). The molecule has 2 aromatic heterocycles. The molecular formula is C11H10F3N5O. The fraction of sp³-hybridized carbons (Fsp3) is 0.182. The molecule has 2 rings (SSSR count). The highest BCUT2D eigenvalue weighted by Crippen LogP contribution is 2.29. The minimum absolute atomic E-state index is 0.0517. The molecule has 0 aliphatic heterocycles. The van der Waals surface area contributed by atoms with E-state index < -0.39 is 11.7 Å². The van der Waals surface area contributed by atoms with Gasteiger partial charge in [-0.2, -0.15) is 18.3 Å². The molecule has 0 aliphatic rings. The van der Waals surface area contributed by atoms with Crippen molar-refractivity contribution in [3.8, 4) is 5.82 Å². The molecule has 0 bridgehead atoms. The number of hydrogen-bond acceptors (Lipinski definition) is 4. The highest BCUT2D eigenvalue weighted by Gasteiger charge is 2.32. The predicted octanol–water partition coefficient (Wildman–Crippen LogP) is 1.69. The zero-order valence-corrected chi connectivity index (χ0v) is 10.3. The van der Waals surface area contributed by atoms with Crippen molar-refractivity contribution >= 4 is 5.84 Å². The summed E-state index contributed by atoms with van der Waals surface area (Å²) in [4.78, 5) is 4.07. The van der Waals surface area contributed by atoms with E-state index in [4.69, 9.17) is 10.9 Å². The van der Waals surface area contributed by atoms with Crippen LogP contribution in [0.15, 0.2) is 29.7 Å². The third kappa shape index (κ3) is 2.56. The molecule has 106 valence electrons. The van der Waals surface area contributed by atoms with Gasteiger partial charge in [0.05, 0.1) is 17.3 Å². The number of pyridine rings is 1. The maximum atomic E-state index is 12.6. The number of rotatable bonds is 2. The summed E-state index contributed by atoms with van der Waals surface area (Å²) >= 11 is 0. The van der Waals surface area contributed by atoms with Gasteiger partial charge in [-0.05, 0) is 19.1 Å². The molecule has 20 heavy (non-hydrogen) atoms. The summed E-state index contributed by atoms with van der Waals surface area (Å²) in [6, 6.07) is 3.08. The van der Waals surface area contributed by atoms with Gasteiger partial charge in [-0.3, -0.25) is 0 Å². The van der Waals surface area contributed by atoms with Crippen LogP contribution in [0.3, 0.4) is 0 Å². The van der Waals surface area contributed by atoms with Crippen LogP contribution < -0.4 is 5.73 Å². The zero-order chi connectivity index (χ0) is 14.9. The molecule has 0 atom stereocenters. The lowest BCUT2D eigenvalue weighted by atomic mass is 10.2. The minimum atomic E-state index is -4.50. The van der Waals surface area contributed by atoms with E-state index in [2.05, 4.69) is 15.2 Å². The third-order valence-corrected chi connectivity index (χ3v) is 2.52. The lowest BCUT2D eigenvalue weighted by molar-refractivity contribution is -0.137. The summed E-state index contributed by atoms with van der Waals surface area (Å²) in [5, 5.41) is 15.1. The number of oxime groups is 1. The van der Waals surface area contributed by atoms with Crippen LogP contribution in [0.2, 0.25) is 0 Å². The van der Waals surface area contributed by atoms with Gasteiger partial charge >= 0.3 is 6.18 Å². The van der Waals surface area contributed by atoms with E-state index in [1.807, 2.05) is 0 Å². The Morgan fingerprint density at radius 1 is 1.40 bits per heavy atom. The lowest BCUT2D eigenvalue weighted by Crippen LogP contribution is -2.18. The summed E-state index contributed by atoms with van der Waals surface area (Å²) in [7, 11) is 0. The molecule has 6 nitrogen and oxygen atoms in total. The van der Waals surface area contributed by atoms with Gasteiger partial charge in [0.15, 0.2) is 11.7 Å². The van der Waals surface area contributed by atoms with E-state index in [0.29, 0.717) is 11.9 Å². The third-order valence-electron chi connectivity index (χ3n) is 2.52. The number of hydrogen-bond donors (Lipinski definition) is 2. The molecule has 9 heteroatoms. The molecule has 3 N–H and O–H groups in total. The van der Waals surface area contributed by atoms with Crippen LogP contribution in [-0.2, 0) is 6.18 Å². The van der Waals surface area contributed by atoms with Gasteiger partial charge in [-0.15, -0.1) is 0 Å². The van der Waals surface area contributed by atoms with Crippen LogP contribution in [0.1, 0.15) is 16.8 Å². The average Bonchev–Trinajstić information content (AvgIpc) is 2.87. The number of amidine groups is 1. The Hall–Kier alpha value is -2.58. The number of halogens is 3. The van der Waals surface area contributed by atoms with Crippen LogP contribution in [0.4, 0.5) is 13.2 Å². The SMILES string of the molecule is Cc1ccc(C(N)=NO)c(-n2cc(C(F)(F)F)cn2)n1. The molecule has 0 spiro atoms. The average molecular weight is 285 g/mol. The van der Waals surface area contributed by atoms with Crippen molar-refractivity contribution in [1.29, 1.82) is 0 Å². The second-order valence-electron chi connectivity index (χ2n) is 3.98. The molecule has 0 unspecified atom stereocenters. The molecule has 2 aromatic rings. The predicted molar refractivity (Wildman–Crippen MR) is 63.6 cm³/mol. The largest absolute Gasteiger partial charge is 0.419 e. The van der Waals surface area contributed by atoms with E-state index >= 15 is 0 Å². The van der Waals surface area contributed by atoms with Crippen molar-refractivity contribution in [2.24, 2.45) is 10.9 Å². The van der Waals surface area contributed by atoms with Crippen molar-refractivity contribution in [2.45, 2.75) is 13.1 Å². The molecule has 0 saturated heterocycles. The Balaban J connectivity index is 2.57. The summed E-state index contributed by atoms with van der Waals surface area (Å²) in [5.41, 5.74) is 5.29. The summed E-state index contributed by atoms with van der Waals surface area (Å²) in [6.45, 7) is 1.66. The Morgan fingerprint density at radius 2 is 2.10 bits per heavy atom. The number of nitrogens with zero attached hydrogens (tertiary/aromatic N) is 4. The number of nitrogens with two attached hydrogens (primary N) is 1. The van der Waals surface area contributed by atoms with E-state index in [0.717, 1.165) is 10.9 Å². The fourth-order valence-electron chi connectivity index (χ4n) is 1.56. The topological polar surface area (TPSA) is 89.3 Å². The van der Waals surface area contributed by atoms with Crippen LogP contribution in [0.25, 0.3) is 5.82 Å². The molecular weight excluding hydrogens is 275 g/mol. The first kappa shape index (κ1) is 13.8. The molecule has 0 radical (unpaired) electrons. The van der Waals surface area contributed by atoms with Crippen molar-refractivity contribution in [2.75, 3.05) is 0 Å². The van der Waals surface area contributed by atoms with Crippen LogP contribution in [-0.4, -0.2) is 25.8 Å². The normalized spacial score (nSPS) is 12.7. The summed E-state index contributed by atoms with van der Waals surface area (Å²) < 4.78 is 38.6. The van der Waals surface area contributed by atoms with Gasteiger partial charge in [-0.25, -0.2) is 9.67 Å². The van der Waals surface area contributed by atoms with Crippen molar-refractivity contribution in [1.82, 2.24) is 14.8 Å². The van der Waals surface area contributed by atoms with Crippen LogP contribution in [0, 0.1) is 6.92 Å². The second-order valence-corrected chi connectivity index (χ2v) is 3.98. The van der Waals surface area contributed by atoms with Crippen LogP contribution in [0.5, 0.6) is 0 Å². The Kier molecular flexibility index (Phi) is 3.35. The van der Waals surface area contributed by atoms with E-state index in [-0.39, 0.29) is 17.2 Å². The fourth-order valence-corrected chi connectivity index (χ4v) is 1.56. The molecule has 0 aromatic carbocycles. The van der Waals surface area contributed by atoms with Gasteiger partial charge in [0, 0.05) is 11.9 Å². The first-order valence-corrected chi connectivity index (χ1v) is 5.40. The highest BCUT2D eigenvalue weighted by atomic mass is 19.4. The first-order valence-electron chi connectivity index (χ1n) is 5.40. The molecule has 0 aliphatic carbocycles. The number of aromatic nitrogens is 3. The number of aryl methyl sites for hydroxylation is 1. The Bertz CT molecular complexity index is 662. The van der Waals surface area contributed by atoms with Crippen molar-refractivity contribution in [3.05, 3.63) is 41.3 Å². The zero-order valence-electron chi connectivity index (χ0n) is 10.3. The Labute approximate surface area is 111 Å². The highest BCUT2D eigenvalue weighted by molar-refractivity contribution is 5.99. The first-order chi connectivity index (χ1) is 9.32. The monoisotopic (exact) mass is 285 g/mol. The molecule has 0 amide bonds. The van der Waals surface area contributed by atoms with E-state index in [9.17, 15) is 13.2 Å². The van der Waals surface area contributed by atoms with Crippen molar-refractivity contribution < 1.29 is 18.4 Å². The maximum absolute atomic E-state index is 12.6. The summed E-state index contributed by atoms with van der Waals surface area (Å²) in [5.74, 6) is -0.215. The number of alkyl halides is 3. The maximum Gasteiger partial charge on any atom is 0.419 e. The van der Waals surface area contributed by atoms with Gasteiger partial charge in [-0.1, -0.05) is 5.16 Å². The van der Waals surface area contributed by atoms with Gasteiger partial charge in [0.25, 0.3) is 0 Å². The smallest absolute Gasteiger partial charge is 0.409 e. The quantitative estimate of drug-likeness (QED) is 0.380. The molecule has 2 heterocycles. The van der Waals surface area contributed by atoms with Gasteiger partial charge in [0.2, 0.25) is 0 Å².